The third kappa shape index (κ3) is 5.30. The second-order valence-electron chi connectivity index (χ2n) is 16.6. The zero-order valence-corrected chi connectivity index (χ0v) is 36.2. The predicted molar refractivity (Wildman–Crippen MR) is 266 cm³/mol. The van der Waals surface area contributed by atoms with Gasteiger partial charge < -0.3 is 0 Å². The van der Waals surface area contributed by atoms with E-state index in [4.69, 9.17) is 4.98 Å². The molecule has 1 unspecified atom stereocenters. The van der Waals surface area contributed by atoms with Crippen LogP contribution in [0.4, 0.5) is 0 Å². The van der Waals surface area contributed by atoms with Crippen LogP contribution in [0, 0.1) is 0 Å². The second-order valence-corrected chi connectivity index (χ2v) is 23.1. The molecule has 4 heteroatoms. The number of fused-ring (bicyclic) bond motifs is 14. The van der Waals surface area contributed by atoms with E-state index in [-0.39, 0.29) is 5.66 Å². The van der Waals surface area contributed by atoms with Crippen molar-refractivity contribution in [2.24, 2.45) is 0 Å². The molecule has 0 aliphatic heterocycles. The number of pyridine rings is 1. The first-order valence-corrected chi connectivity index (χ1v) is 25.3. The molecule has 13 rings (SSSR count). The Bertz CT molecular complexity index is 3800. The molecular formula is C58H37N2PSe. The summed E-state index contributed by atoms with van der Waals surface area (Å²) in [5, 5.41) is 11.4. The van der Waals surface area contributed by atoms with Crippen LogP contribution in [0.3, 0.4) is 0 Å². The van der Waals surface area contributed by atoms with Crippen LogP contribution in [-0.2, 0) is 0 Å². The van der Waals surface area contributed by atoms with Crippen molar-refractivity contribution in [2.75, 3.05) is 0 Å². The third-order valence-corrected chi connectivity index (χ3v) is 20.7. The van der Waals surface area contributed by atoms with E-state index in [0.29, 0.717) is 0 Å². The molecule has 290 valence electrons. The average Bonchev–Trinajstić information content (AvgIpc) is 3.90. The van der Waals surface area contributed by atoms with Crippen molar-refractivity contribution in [1.82, 2.24) is 9.38 Å². The van der Waals surface area contributed by atoms with Crippen LogP contribution < -0.4 is 10.6 Å². The van der Waals surface area contributed by atoms with Gasteiger partial charge in [0.25, 0.3) is 0 Å². The summed E-state index contributed by atoms with van der Waals surface area (Å²) in [6.45, 7) is 0. The van der Waals surface area contributed by atoms with E-state index < -0.39 is 5.51 Å². The Kier molecular flexibility index (Phi) is 8.00. The molecule has 10 aromatic carbocycles. The van der Waals surface area contributed by atoms with E-state index in [0.717, 1.165) is 22.2 Å². The molecule has 0 saturated heterocycles. The number of benzene rings is 10. The quantitative estimate of drug-likeness (QED) is 0.0957. The maximum atomic E-state index is 5.25. The molecule has 0 saturated carbocycles. The van der Waals surface area contributed by atoms with Gasteiger partial charge in [-0.05, 0) is 28.3 Å². The molecule has 2 aromatic heterocycles. The van der Waals surface area contributed by atoms with Crippen LogP contribution in [0.2, 0.25) is 0 Å². The summed E-state index contributed by atoms with van der Waals surface area (Å²) in [7, 11) is 0. The minimum absolute atomic E-state index is 0.210. The van der Waals surface area contributed by atoms with E-state index >= 15 is 0 Å². The molecule has 62 heavy (non-hydrogen) atoms. The minimum atomic E-state index is -2.16. The number of imidazole rings is 1. The summed E-state index contributed by atoms with van der Waals surface area (Å²) >= 11 is 3.95. The first kappa shape index (κ1) is 35.9. The van der Waals surface area contributed by atoms with Crippen molar-refractivity contribution in [3.63, 3.8) is 0 Å². The third-order valence-electron chi connectivity index (χ3n) is 13.3. The van der Waals surface area contributed by atoms with Gasteiger partial charge in [0.1, 0.15) is 5.65 Å². The van der Waals surface area contributed by atoms with Crippen LogP contribution in [0.5, 0.6) is 0 Å². The Morgan fingerprint density at radius 2 is 0.952 bits per heavy atom. The Morgan fingerprint density at radius 3 is 1.71 bits per heavy atom. The Balaban J connectivity index is 0.908. The van der Waals surface area contributed by atoms with Gasteiger partial charge in [-0.1, -0.05) is 48.5 Å². The number of rotatable bonds is 5. The fraction of sp³-hybridized carbons (Fsp3) is 0.0172. The molecule has 0 amide bonds. The first-order valence-electron chi connectivity index (χ1n) is 21.2. The van der Waals surface area contributed by atoms with E-state index in [2.05, 4.69) is 238 Å². The van der Waals surface area contributed by atoms with Gasteiger partial charge in [-0.25, -0.2) is 4.98 Å². The molecule has 0 spiro atoms. The van der Waals surface area contributed by atoms with Crippen molar-refractivity contribution >= 4 is 91.1 Å². The molecule has 2 heterocycles. The predicted octanol–water partition coefficient (Wildman–Crippen LogP) is 14.3. The van der Waals surface area contributed by atoms with Crippen LogP contribution in [0.25, 0.3) is 93.3 Å². The van der Waals surface area contributed by atoms with Gasteiger partial charge in [0, 0.05) is 10.8 Å². The first-order chi connectivity index (χ1) is 30.6. The summed E-state index contributed by atoms with van der Waals surface area (Å²) in [6.07, 6.45) is 0. The zero-order valence-electron chi connectivity index (χ0n) is 33.6. The summed E-state index contributed by atoms with van der Waals surface area (Å²) < 4.78 is 2.37. The number of nitrogens with zero attached hydrogens (tertiary/aromatic N) is 2. The Morgan fingerprint density at radius 1 is 0.403 bits per heavy atom. The van der Waals surface area contributed by atoms with E-state index in [1.165, 1.54) is 92.8 Å². The van der Waals surface area contributed by atoms with E-state index in [9.17, 15) is 0 Å². The molecule has 0 N–H and O–H groups in total. The van der Waals surface area contributed by atoms with Gasteiger partial charge in [-0.15, -0.1) is 0 Å². The van der Waals surface area contributed by atoms with Gasteiger partial charge in [0.15, 0.2) is 0 Å². The fourth-order valence-corrected chi connectivity index (χ4v) is 16.6. The summed E-state index contributed by atoms with van der Waals surface area (Å²) in [5.41, 5.74) is 12.6. The maximum absolute atomic E-state index is 5.25. The Labute approximate surface area is 367 Å². The van der Waals surface area contributed by atoms with Crippen LogP contribution >= 0.6 is 5.51 Å². The number of hydrogen-bond donors (Lipinski definition) is 0. The van der Waals surface area contributed by atoms with Gasteiger partial charge in [0.05, 0.1) is 11.0 Å². The molecule has 1 aliphatic rings. The summed E-state index contributed by atoms with van der Waals surface area (Å²) in [5.74, 6) is 0. The monoisotopic (exact) mass is 872 g/mol. The van der Waals surface area contributed by atoms with Crippen molar-refractivity contribution in [3.8, 4) is 33.4 Å². The number of para-hydroxylation sites is 2. The van der Waals surface area contributed by atoms with Gasteiger partial charge in [0.2, 0.25) is 0 Å². The molecule has 1 aliphatic carbocycles. The normalized spacial score (nSPS) is 13.6. The van der Waals surface area contributed by atoms with E-state index in [1.807, 2.05) is 0 Å². The standard InChI is InChI=1S/C58H37N2PSe/c62-61(45-32-27-37-11-1-2-13-42(37)35-45,57-51-17-7-5-15-47(51)48-16-6-8-18-52(48)57)44-30-25-39(26-31-44)38-21-23-40(24-22-38)43-29-33-49-50-34-28-41-12-3-4-14-46(41)56(50)58-59-53-19-9-10-20-54(53)60(58)55(49)36-43/h1-36,57H. The zero-order chi connectivity index (χ0) is 40.9. The average molecular weight is 872 g/mol. The molecule has 0 fully saturated rings. The van der Waals surface area contributed by atoms with Crippen molar-refractivity contribution in [2.45, 2.75) is 5.66 Å². The summed E-state index contributed by atoms with van der Waals surface area (Å²) in [6, 6.07) is 81.1. The molecule has 0 bridgehead atoms. The van der Waals surface area contributed by atoms with Gasteiger partial charge in [-0.2, -0.15) is 0 Å². The molecular weight excluding hydrogens is 835 g/mol. The second kappa shape index (κ2) is 13.8. The van der Waals surface area contributed by atoms with Gasteiger partial charge in [-0.3, -0.25) is 4.40 Å². The van der Waals surface area contributed by atoms with Crippen LogP contribution in [0.15, 0.2) is 218 Å². The van der Waals surface area contributed by atoms with Crippen molar-refractivity contribution in [3.05, 3.63) is 230 Å². The molecule has 0 radical (unpaired) electrons. The van der Waals surface area contributed by atoms with Gasteiger partial charge >= 0.3 is 255 Å². The molecule has 12 aromatic rings. The SMILES string of the molecule is [Se]=P(c1ccc(-c2ccc(-c3ccc4c5ccc6ccccc6c5c5nc6ccccc6n5c4c3)cc2)cc1)(c1ccc2ccccc2c1)C1c2ccccc2-c2ccccc21. The summed E-state index contributed by atoms with van der Waals surface area (Å²) in [4.78, 5) is 5.25. The Hall–Kier alpha value is -6.86. The van der Waals surface area contributed by atoms with Crippen LogP contribution in [0.1, 0.15) is 16.8 Å². The van der Waals surface area contributed by atoms with Crippen molar-refractivity contribution < 1.29 is 0 Å². The van der Waals surface area contributed by atoms with E-state index in [1.54, 1.807) is 0 Å². The molecule has 1 atom stereocenters. The topological polar surface area (TPSA) is 17.3 Å². The van der Waals surface area contributed by atoms with Crippen LogP contribution in [-0.4, -0.2) is 24.5 Å². The molecule has 2 nitrogen and oxygen atoms in total. The fourth-order valence-electron chi connectivity index (χ4n) is 10.4. The van der Waals surface area contributed by atoms with Crippen molar-refractivity contribution in [1.29, 1.82) is 0 Å². The number of aromatic nitrogens is 2. The number of hydrogen-bond acceptors (Lipinski definition) is 1.